The first-order valence-electron chi connectivity index (χ1n) is 4.64. The monoisotopic (exact) mass is 181 g/mol. The summed E-state index contributed by atoms with van der Waals surface area (Å²) in [6.45, 7) is 2.08. The number of benzene rings is 2. The lowest BCUT2D eigenvalue weighted by molar-refractivity contribution is 0.668. The first kappa shape index (κ1) is 7.63. The molecule has 0 saturated heterocycles. The van der Waals surface area contributed by atoms with Crippen molar-refractivity contribution >= 4 is 21.9 Å². The van der Waals surface area contributed by atoms with Crippen molar-refractivity contribution in [1.29, 1.82) is 0 Å². The van der Waals surface area contributed by atoms with Crippen molar-refractivity contribution in [2.24, 2.45) is 0 Å². The van der Waals surface area contributed by atoms with Crippen molar-refractivity contribution in [3.63, 3.8) is 0 Å². The van der Waals surface area contributed by atoms with Crippen molar-refractivity contribution in [3.8, 4) is 0 Å². The molecule has 0 spiro atoms. The summed E-state index contributed by atoms with van der Waals surface area (Å²) >= 11 is 0. The van der Waals surface area contributed by atoms with Gasteiger partial charge in [0.15, 0.2) is 0 Å². The van der Waals surface area contributed by atoms with E-state index in [-0.39, 0.29) is 0 Å². The third-order valence-electron chi connectivity index (χ3n) is 2.53. The molecule has 0 aliphatic heterocycles. The summed E-state index contributed by atoms with van der Waals surface area (Å²) in [6, 6.07) is 15.1. The number of hydrogen-bond acceptors (Lipinski definition) is 1. The number of para-hydroxylation sites is 1. The van der Waals surface area contributed by atoms with Crippen LogP contribution in [0.15, 0.2) is 40.8 Å². The Labute approximate surface area is 82.0 Å². The Hall–Kier alpha value is -1.76. The van der Waals surface area contributed by atoms with Crippen LogP contribution in [-0.4, -0.2) is 0 Å². The highest BCUT2D eigenvalue weighted by molar-refractivity contribution is 6.06. The largest absolute Gasteiger partial charge is 0.456 e. The molecule has 1 nitrogen and oxygen atoms in total. The predicted octanol–water partition coefficient (Wildman–Crippen LogP) is 3.69. The molecule has 1 heterocycles. The number of rotatable bonds is 0. The van der Waals surface area contributed by atoms with Crippen LogP contribution in [0.25, 0.3) is 21.9 Å². The highest BCUT2D eigenvalue weighted by Gasteiger charge is 2.06. The minimum atomic E-state index is 0.922. The standard InChI is InChI=1S/C13H9O/c1-9-5-4-8-12-13(9)10-6-2-3-7-11(10)14-12/h2-3,5-8H,1H3. The van der Waals surface area contributed by atoms with E-state index in [0.717, 1.165) is 11.2 Å². The molecule has 14 heavy (non-hydrogen) atoms. The maximum Gasteiger partial charge on any atom is 0.136 e. The van der Waals surface area contributed by atoms with Crippen molar-refractivity contribution in [3.05, 3.63) is 48.0 Å². The highest BCUT2D eigenvalue weighted by atomic mass is 16.3. The summed E-state index contributed by atoms with van der Waals surface area (Å²) < 4.78 is 5.70. The molecule has 67 valence electrons. The Bertz CT molecular complexity index is 605. The molecule has 1 radical (unpaired) electrons. The van der Waals surface area contributed by atoms with Crippen LogP contribution in [0, 0.1) is 13.0 Å². The van der Waals surface area contributed by atoms with Gasteiger partial charge in [0.2, 0.25) is 0 Å². The Kier molecular flexibility index (Phi) is 1.42. The van der Waals surface area contributed by atoms with E-state index in [1.807, 2.05) is 30.3 Å². The smallest absolute Gasteiger partial charge is 0.136 e. The Morgan fingerprint density at radius 2 is 1.93 bits per heavy atom. The molecule has 0 unspecified atom stereocenters. The topological polar surface area (TPSA) is 13.1 Å². The van der Waals surface area contributed by atoms with Crippen LogP contribution >= 0.6 is 0 Å². The van der Waals surface area contributed by atoms with Crippen molar-refractivity contribution in [1.82, 2.24) is 0 Å². The predicted molar refractivity (Wildman–Crippen MR) is 57.3 cm³/mol. The molecule has 0 atom stereocenters. The van der Waals surface area contributed by atoms with Gasteiger partial charge in [-0.15, -0.1) is 0 Å². The minimum absolute atomic E-state index is 0.922. The Balaban J connectivity index is 2.65. The third kappa shape index (κ3) is 0.896. The summed E-state index contributed by atoms with van der Waals surface area (Å²) in [4.78, 5) is 0. The molecule has 1 heteroatoms. The SMILES string of the molecule is Cc1c[c]cc2oc3ccccc3c12. The average Bonchev–Trinajstić information content (AvgIpc) is 2.57. The van der Waals surface area contributed by atoms with E-state index < -0.39 is 0 Å². The first-order chi connectivity index (χ1) is 6.86. The lowest BCUT2D eigenvalue weighted by Crippen LogP contribution is -1.72. The van der Waals surface area contributed by atoms with Gasteiger partial charge in [0.25, 0.3) is 0 Å². The summed E-state index contributed by atoms with van der Waals surface area (Å²) in [7, 11) is 0. The van der Waals surface area contributed by atoms with Gasteiger partial charge in [-0.25, -0.2) is 0 Å². The molecule has 0 aliphatic carbocycles. The van der Waals surface area contributed by atoms with E-state index in [4.69, 9.17) is 4.42 Å². The average molecular weight is 181 g/mol. The van der Waals surface area contributed by atoms with Crippen LogP contribution in [0.3, 0.4) is 0 Å². The lowest BCUT2D eigenvalue weighted by Gasteiger charge is -1.92. The fourth-order valence-electron chi connectivity index (χ4n) is 1.89. The zero-order chi connectivity index (χ0) is 9.54. The molecular formula is C13H9O. The van der Waals surface area contributed by atoms with E-state index in [1.54, 1.807) is 0 Å². The number of aryl methyl sites for hydroxylation is 1. The van der Waals surface area contributed by atoms with Gasteiger partial charge in [-0.3, -0.25) is 0 Å². The maximum absolute atomic E-state index is 5.70. The zero-order valence-corrected chi connectivity index (χ0v) is 7.87. The van der Waals surface area contributed by atoms with Crippen LogP contribution in [0.1, 0.15) is 5.56 Å². The van der Waals surface area contributed by atoms with Crippen LogP contribution in [0.2, 0.25) is 0 Å². The van der Waals surface area contributed by atoms with Crippen LogP contribution < -0.4 is 0 Å². The lowest BCUT2D eigenvalue weighted by atomic mass is 10.1. The van der Waals surface area contributed by atoms with Gasteiger partial charge in [0, 0.05) is 10.8 Å². The molecular weight excluding hydrogens is 172 g/mol. The summed E-state index contributed by atoms with van der Waals surface area (Å²) in [5.74, 6) is 0. The van der Waals surface area contributed by atoms with Gasteiger partial charge in [-0.1, -0.05) is 24.3 Å². The number of fused-ring (bicyclic) bond motifs is 3. The van der Waals surface area contributed by atoms with Crippen molar-refractivity contribution < 1.29 is 4.42 Å². The van der Waals surface area contributed by atoms with Crippen LogP contribution in [-0.2, 0) is 0 Å². The van der Waals surface area contributed by atoms with E-state index in [1.165, 1.54) is 16.3 Å². The van der Waals surface area contributed by atoms with Gasteiger partial charge in [0.05, 0.1) is 0 Å². The first-order valence-corrected chi connectivity index (χ1v) is 4.64. The van der Waals surface area contributed by atoms with E-state index in [0.29, 0.717) is 0 Å². The molecule has 0 amide bonds. The Morgan fingerprint density at radius 3 is 2.86 bits per heavy atom. The Morgan fingerprint density at radius 1 is 1.07 bits per heavy atom. The van der Waals surface area contributed by atoms with Gasteiger partial charge in [0.1, 0.15) is 11.2 Å². The second-order valence-corrected chi connectivity index (χ2v) is 3.48. The molecule has 0 fully saturated rings. The summed E-state index contributed by atoms with van der Waals surface area (Å²) in [5, 5.41) is 2.40. The van der Waals surface area contributed by atoms with Gasteiger partial charge in [-0.05, 0) is 30.7 Å². The number of furan rings is 1. The molecule has 0 aliphatic rings. The quantitative estimate of drug-likeness (QED) is 0.515. The molecule has 2 aromatic carbocycles. The van der Waals surface area contributed by atoms with E-state index >= 15 is 0 Å². The molecule has 0 N–H and O–H groups in total. The van der Waals surface area contributed by atoms with Gasteiger partial charge >= 0.3 is 0 Å². The molecule has 0 saturated carbocycles. The maximum atomic E-state index is 5.70. The zero-order valence-electron chi connectivity index (χ0n) is 7.87. The van der Waals surface area contributed by atoms with Crippen molar-refractivity contribution in [2.45, 2.75) is 6.92 Å². The normalized spacial score (nSPS) is 11.2. The fraction of sp³-hybridized carbons (Fsp3) is 0.0769. The second kappa shape index (κ2) is 2.61. The minimum Gasteiger partial charge on any atom is -0.456 e. The molecule has 3 rings (SSSR count). The molecule has 3 aromatic rings. The fourth-order valence-corrected chi connectivity index (χ4v) is 1.89. The van der Waals surface area contributed by atoms with Crippen molar-refractivity contribution in [2.75, 3.05) is 0 Å². The third-order valence-corrected chi connectivity index (χ3v) is 2.53. The number of hydrogen-bond donors (Lipinski definition) is 0. The van der Waals surface area contributed by atoms with Crippen LogP contribution in [0.4, 0.5) is 0 Å². The summed E-state index contributed by atoms with van der Waals surface area (Å²) in [5.41, 5.74) is 3.09. The summed E-state index contributed by atoms with van der Waals surface area (Å²) in [6.07, 6.45) is 0. The highest BCUT2D eigenvalue weighted by Crippen LogP contribution is 2.30. The van der Waals surface area contributed by atoms with Gasteiger partial charge < -0.3 is 4.42 Å². The molecule has 0 bridgehead atoms. The molecule has 1 aromatic heterocycles. The van der Waals surface area contributed by atoms with Gasteiger partial charge in [-0.2, -0.15) is 0 Å². The van der Waals surface area contributed by atoms with Crippen LogP contribution in [0.5, 0.6) is 0 Å². The van der Waals surface area contributed by atoms with E-state index in [2.05, 4.69) is 19.1 Å². The van der Waals surface area contributed by atoms with E-state index in [9.17, 15) is 0 Å². The second-order valence-electron chi connectivity index (χ2n) is 3.48.